The summed E-state index contributed by atoms with van der Waals surface area (Å²) in [5, 5.41) is 3.67. The zero-order valence-corrected chi connectivity index (χ0v) is 10.1. The minimum absolute atomic E-state index is 0. The molecule has 1 aromatic rings. The Morgan fingerprint density at radius 3 is 2.19 bits per heavy atom. The van der Waals surface area contributed by atoms with Gasteiger partial charge in [0, 0.05) is 17.6 Å². The summed E-state index contributed by atoms with van der Waals surface area (Å²) in [4.78, 5) is 0. The fourth-order valence-corrected chi connectivity index (χ4v) is 2.74. The fraction of sp³-hybridized carbons (Fsp3) is 0.600. The van der Waals surface area contributed by atoms with E-state index in [0.29, 0.717) is 23.8 Å². The molecule has 90 valence electrons. The van der Waals surface area contributed by atoms with Crippen LogP contribution in [0.15, 0.2) is 24.3 Å². The topological polar surface area (TPSA) is 12.0 Å². The van der Waals surface area contributed by atoms with Crippen LogP contribution >= 0.6 is 0 Å². The molecule has 0 spiro atoms. The predicted octanol–water partition coefficient (Wildman–Crippen LogP) is 4.51. The summed E-state index contributed by atoms with van der Waals surface area (Å²) < 4.78 is 0. The van der Waals surface area contributed by atoms with Crippen molar-refractivity contribution >= 4 is 5.69 Å². The van der Waals surface area contributed by atoms with E-state index < -0.39 is 0 Å². The van der Waals surface area contributed by atoms with E-state index >= 15 is 0 Å². The van der Waals surface area contributed by atoms with Crippen LogP contribution in [0.2, 0.25) is 0 Å². The number of rotatable bonds is 2. The van der Waals surface area contributed by atoms with Crippen molar-refractivity contribution in [2.75, 3.05) is 5.32 Å². The van der Waals surface area contributed by atoms with Gasteiger partial charge in [0.25, 0.3) is 0 Å². The second-order valence-electron chi connectivity index (χ2n) is 5.27. The molecule has 1 nitrogen and oxygen atoms in total. The van der Waals surface area contributed by atoms with Crippen molar-refractivity contribution in [3.63, 3.8) is 0 Å². The van der Waals surface area contributed by atoms with Gasteiger partial charge in [-0.2, -0.15) is 0 Å². The van der Waals surface area contributed by atoms with Gasteiger partial charge in [-0.05, 0) is 23.5 Å². The van der Waals surface area contributed by atoms with Gasteiger partial charge in [0.1, 0.15) is 0 Å². The van der Waals surface area contributed by atoms with Gasteiger partial charge < -0.3 is 5.32 Å². The minimum atomic E-state index is 0. The van der Waals surface area contributed by atoms with Crippen LogP contribution in [0.4, 0.5) is 5.69 Å². The summed E-state index contributed by atoms with van der Waals surface area (Å²) in [6.07, 6.45) is 0. The number of hydrogen-bond donors (Lipinski definition) is 1. The van der Waals surface area contributed by atoms with Gasteiger partial charge in [-0.15, -0.1) is 0 Å². The monoisotopic (exact) mass is 219 g/mol. The van der Waals surface area contributed by atoms with Crippen LogP contribution in [0, 0.1) is 11.8 Å². The van der Waals surface area contributed by atoms with Crippen molar-refractivity contribution in [1.29, 1.82) is 0 Å². The molecule has 1 N–H and O–H groups in total. The summed E-state index contributed by atoms with van der Waals surface area (Å²) >= 11 is 0. The first-order valence-corrected chi connectivity index (χ1v) is 5.96. The van der Waals surface area contributed by atoms with Gasteiger partial charge in [0.05, 0.1) is 0 Å². The molecular formula is C15H25N. The highest BCUT2D eigenvalue weighted by Gasteiger charge is 2.35. The minimum Gasteiger partial charge on any atom is -0.381 e. The van der Waals surface area contributed by atoms with Gasteiger partial charge in [0.2, 0.25) is 0 Å². The summed E-state index contributed by atoms with van der Waals surface area (Å²) in [6, 6.07) is 9.34. The smallest absolute Gasteiger partial charge is 0.0378 e. The molecule has 2 unspecified atom stereocenters. The molecule has 0 aliphatic carbocycles. The summed E-state index contributed by atoms with van der Waals surface area (Å²) in [5.74, 6) is 2.06. The molecule has 0 amide bonds. The van der Waals surface area contributed by atoms with Crippen LogP contribution in [-0.2, 0) is 0 Å². The first kappa shape index (κ1) is 13.1. The first-order valence-electron chi connectivity index (χ1n) is 5.96. The fourth-order valence-electron chi connectivity index (χ4n) is 2.74. The molecule has 0 fully saturated rings. The van der Waals surface area contributed by atoms with Crippen LogP contribution in [-0.4, -0.2) is 6.04 Å². The average molecular weight is 219 g/mol. The Kier molecular flexibility index (Phi) is 4.01. The maximum atomic E-state index is 3.67. The Balaban J connectivity index is 0.00000128. The third-order valence-corrected chi connectivity index (χ3v) is 3.47. The van der Waals surface area contributed by atoms with E-state index in [-0.39, 0.29) is 7.43 Å². The molecule has 0 saturated heterocycles. The maximum absolute atomic E-state index is 3.67. The van der Waals surface area contributed by atoms with E-state index in [2.05, 4.69) is 57.3 Å². The highest BCUT2D eigenvalue weighted by Crippen LogP contribution is 2.42. The Hall–Kier alpha value is -0.980. The standard InChI is InChI=1S/C14H21N.CH4/c1-9(2)13-11-7-5-6-8-12(11)15-14(13)10(3)4;/h5-10,13-15H,1-4H3;1H4. The zero-order valence-electron chi connectivity index (χ0n) is 10.1. The normalized spacial score (nSPS) is 22.9. The Labute approximate surface area is 100 Å². The van der Waals surface area contributed by atoms with Crippen molar-refractivity contribution in [2.45, 2.75) is 47.1 Å². The highest BCUT2D eigenvalue weighted by molar-refractivity contribution is 5.59. The van der Waals surface area contributed by atoms with Crippen LogP contribution in [0.5, 0.6) is 0 Å². The van der Waals surface area contributed by atoms with Crippen LogP contribution in [0.3, 0.4) is 0 Å². The molecule has 0 bridgehead atoms. The van der Waals surface area contributed by atoms with Gasteiger partial charge >= 0.3 is 0 Å². The van der Waals surface area contributed by atoms with E-state index in [9.17, 15) is 0 Å². The number of benzene rings is 1. The van der Waals surface area contributed by atoms with E-state index in [4.69, 9.17) is 0 Å². The van der Waals surface area contributed by atoms with Crippen molar-refractivity contribution in [3.05, 3.63) is 29.8 Å². The SMILES string of the molecule is C.CC(C)C1Nc2ccccc2C1C(C)C. The molecule has 2 atom stereocenters. The zero-order chi connectivity index (χ0) is 11.0. The molecule has 1 heterocycles. The first-order chi connectivity index (χ1) is 7.11. The summed E-state index contributed by atoms with van der Waals surface area (Å²) in [5.41, 5.74) is 2.85. The van der Waals surface area contributed by atoms with Crippen molar-refractivity contribution in [2.24, 2.45) is 11.8 Å². The number of anilines is 1. The Morgan fingerprint density at radius 1 is 1.00 bits per heavy atom. The third-order valence-electron chi connectivity index (χ3n) is 3.47. The van der Waals surface area contributed by atoms with Crippen LogP contribution in [0.1, 0.15) is 46.6 Å². The lowest BCUT2D eigenvalue weighted by Crippen LogP contribution is -2.29. The van der Waals surface area contributed by atoms with Gasteiger partial charge in [-0.25, -0.2) is 0 Å². The average Bonchev–Trinajstić information content (AvgIpc) is 2.56. The lowest BCUT2D eigenvalue weighted by atomic mass is 9.81. The van der Waals surface area contributed by atoms with Crippen molar-refractivity contribution in [1.82, 2.24) is 0 Å². The Morgan fingerprint density at radius 2 is 1.62 bits per heavy atom. The summed E-state index contributed by atoms with van der Waals surface area (Å²) in [6.45, 7) is 9.26. The number of para-hydroxylation sites is 1. The highest BCUT2D eigenvalue weighted by atomic mass is 15.0. The van der Waals surface area contributed by atoms with E-state index in [1.807, 2.05) is 0 Å². The second-order valence-corrected chi connectivity index (χ2v) is 5.27. The van der Waals surface area contributed by atoms with Gasteiger partial charge in [-0.1, -0.05) is 53.3 Å². The van der Waals surface area contributed by atoms with Crippen molar-refractivity contribution < 1.29 is 0 Å². The molecule has 2 rings (SSSR count). The molecule has 0 radical (unpaired) electrons. The van der Waals surface area contributed by atoms with E-state index in [1.165, 1.54) is 11.3 Å². The maximum Gasteiger partial charge on any atom is 0.0378 e. The van der Waals surface area contributed by atoms with Crippen molar-refractivity contribution in [3.8, 4) is 0 Å². The molecule has 1 aliphatic rings. The quantitative estimate of drug-likeness (QED) is 0.771. The van der Waals surface area contributed by atoms with Crippen LogP contribution < -0.4 is 5.32 Å². The summed E-state index contributed by atoms with van der Waals surface area (Å²) in [7, 11) is 0. The number of nitrogens with one attached hydrogen (secondary N) is 1. The molecule has 16 heavy (non-hydrogen) atoms. The molecule has 1 heteroatoms. The van der Waals surface area contributed by atoms with Crippen LogP contribution in [0.25, 0.3) is 0 Å². The van der Waals surface area contributed by atoms with E-state index in [0.717, 1.165) is 0 Å². The molecule has 0 aromatic heterocycles. The predicted molar refractivity (Wildman–Crippen MR) is 73.0 cm³/mol. The largest absolute Gasteiger partial charge is 0.381 e. The number of fused-ring (bicyclic) bond motifs is 1. The second kappa shape index (κ2) is 4.90. The lowest BCUT2D eigenvalue weighted by molar-refractivity contribution is 0.385. The Bertz CT molecular complexity index is 341. The van der Waals surface area contributed by atoms with E-state index in [1.54, 1.807) is 0 Å². The third kappa shape index (κ3) is 2.09. The molecular weight excluding hydrogens is 194 g/mol. The van der Waals surface area contributed by atoms with Gasteiger partial charge in [0.15, 0.2) is 0 Å². The lowest BCUT2D eigenvalue weighted by Gasteiger charge is -2.26. The van der Waals surface area contributed by atoms with Gasteiger partial charge in [-0.3, -0.25) is 0 Å². The molecule has 1 aliphatic heterocycles. The molecule has 0 saturated carbocycles. The molecule has 1 aromatic carbocycles. The number of hydrogen-bond acceptors (Lipinski definition) is 1.